The largest absolute Gasteiger partial charge is 0.508 e. The lowest BCUT2D eigenvalue weighted by Crippen LogP contribution is -2.32. The molecule has 0 amide bonds. The molecular weight excluding hydrogens is 175 g/mol. The topological polar surface area (TPSA) is 35.5 Å². The molecule has 0 aromatic heterocycles. The van der Waals surface area contributed by atoms with Gasteiger partial charge in [0.25, 0.3) is 0 Å². The normalized spacial score (nSPS) is 33.9. The van der Waals surface area contributed by atoms with E-state index in [4.69, 9.17) is 4.74 Å². The highest BCUT2D eigenvalue weighted by Gasteiger charge is 2.30. The molecular formula is C9H15FO3. The van der Waals surface area contributed by atoms with Crippen LogP contribution in [0, 0.1) is 5.92 Å². The highest BCUT2D eigenvalue weighted by Crippen LogP contribution is 2.28. The minimum absolute atomic E-state index is 0.228. The van der Waals surface area contributed by atoms with E-state index in [1.807, 2.05) is 6.92 Å². The van der Waals surface area contributed by atoms with E-state index in [2.05, 4.69) is 4.74 Å². The maximum absolute atomic E-state index is 12.9. The molecule has 1 saturated carbocycles. The van der Waals surface area contributed by atoms with Crippen molar-refractivity contribution in [1.29, 1.82) is 0 Å². The summed E-state index contributed by atoms with van der Waals surface area (Å²) in [4.78, 5) is 10.8. The first kappa shape index (κ1) is 10.3. The lowest BCUT2D eigenvalue weighted by Gasteiger charge is -2.29. The van der Waals surface area contributed by atoms with Gasteiger partial charge in [0.2, 0.25) is 0 Å². The van der Waals surface area contributed by atoms with E-state index >= 15 is 0 Å². The summed E-state index contributed by atoms with van der Waals surface area (Å²) in [6.07, 6.45) is -0.241. The summed E-state index contributed by atoms with van der Waals surface area (Å²) in [7, 11) is 1.25. The first-order chi connectivity index (χ1) is 6.13. The molecule has 1 fully saturated rings. The van der Waals surface area contributed by atoms with Gasteiger partial charge in [-0.25, -0.2) is 9.18 Å². The Labute approximate surface area is 77.2 Å². The summed E-state index contributed by atoms with van der Waals surface area (Å²) in [5.41, 5.74) is 0. The van der Waals surface area contributed by atoms with Crippen molar-refractivity contribution in [3.63, 3.8) is 0 Å². The molecule has 0 saturated heterocycles. The highest BCUT2D eigenvalue weighted by atomic mass is 19.1. The summed E-state index contributed by atoms with van der Waals surface area (Å²) < 4.78 is 22.2. The number of rotatable bonds is 1. The van der Waals surface area contributed by atoms with Crippen molar-refractivity contribution in [2.24, 2.45) is 5.92 Å². The average Bonchev–Trinajstić information content (AvgIpc) is 2.11. The van der Waals surface area contributed by atoms with Gasteiger partial charge in [0.1, 0.15) is 12.3 Å². The Bertz CT molecular complexity index is 184. The zero-order chi connectivity index (χ0) is 9.84. The third-order valence-corrected chi connectivity index (χ3v) is 2.47. The highest BCUT2D eigenvalue weighted by molar-refractivity contribution is 5.59. The van der Waals surface area contributed by atoms with Crippen LogP contribution in [0.4, 0.5) is 9.18 Å². The molecule has 1 aliphatic carbocycles. The monoisotopic (exact) mass is 190 g/mol. The number of methoxy groups -OCH3 is 1. The number of halogens is 1. The van der Waals surface area contributed by atoms with Crippen LogP contribution in [-0.2, 0) is 9.47 Å². The third-order valence-electron chi connectivity index (χ3n) is 2.47. The van der Waals surface area contributed by atoms with Gasteiger partial charge in [-0.3, -0.25) is 0 Å². The summed E-state index contributed by atoms with van der Waals surface area (Å²) >= 11 is 0. The first-order valence-electron chi connectivity index (χ1n) is 4.52. The molecule has 0 aromatic carbocycles. The van der Waals surface area contributed by atoms with Crippen molar-refractivity contribution in [2.75, 3.05) is 7.11 Å². The number of hydrogen-bond donors (Lipinski definition) is 0. The number of ether oxygens (including phenoxy) is 2. The number of alkyl halides is 1. The molecule has 3 nitrogen and oxygen atoms in total. The van der Waals surface area contributed by atoms with Gasteiger partial charge in [0.05, 0.1) is 7.11 Å². The molecule has 0 spiro atoms. The Hall–Kier alpha value is -0.800. The van der Waals surface area contributed by atoms with Crippen molar-refractivity contribution in [1.82, 2.24) is 0 Å². The molecule has 0 aromatic rings. The van der Waals surface area contributed by atoms with Crippen LogP contribution < -0.4 is 0 Å². The fourth-order valence-corrected chi connectivity index (χ4v) is 1.57. The molecule has 1 aliphatic rings. The SMILES string of the molecule is COC(=O)OC1CC(F)CCC1C. The van der Waals surface area contributed by atoms with E-state index in [1.54, 1.807) is 0 Å². The Morgan fingerprint density at radius 3 is 2.77 bits per heavy atom. The van der Waals surface area contributed by atoms with Gasteiger partial charge in [0, 0.05) is 6.42 Å². The smallest absolute Gasteiger partial charge is 0.438 e. The van der Waals surface area contributed by atoms with Crippen LogP contribution in [0.2, 0.25) is 0 Å². The fraction of sp³-hybridized carbons (Fsp3) is 0.889. The number of carbonyl (C=O) groups is 1. The van der Waals surface area contributed by atoms with E-state index in [0.29, 0.717) is 12.8 Å². The van der Waals surface area contributed by atoms with Crippen molar-refractivity contribution < 1.29 is 18.7 Å². The second kappa shape index (κ2) is 4.44. The minimum Gasteiger partial charge on any atom is -0.438 e. The Kier molecular flexibility index (Phi) is 3.51. The van der Waals surface area contributed by atoms with Crippen LogP contribution in [-0.4, -0.2) is 25.5 Å². The number of carbonyl (C=O) groups excluding carboxylic acids is 1. The van der Waals surface area contributed by atoms with Crippen LogP contribution >= 0.6 is 0 Å². The number of hydrogen-bond acceptors (Lipinski definition) is 3. The molecule has 0 N–H and O–H groups in total. The Morgan fingerprint density at radius 1 is 1.46 bits per heavy atom. The minimum atomic E-state index is -0.842. The third kappa shape index (κ3) is 2.86. The van der Waals surface area contributed by atoms with Crippen molar-refractivity contribution in [3.8, 4) is 0 Å². The summed E-state index contributed by atoms with van der Waals surface area (Å²) in [6, 6.07) is 0. The average molecular weight is 190 g/mol. The van der Waals surface area contributed by atoms with Gasteiger partial charge < -0.3 is 9.47 Å². The van der Waals surface area contributed by atoms with Gasteiger partial charge in [-0.2, -0.15) is 0 Å². The zero-order valence-electron chi connectivity index (χ0n) is 7.96. The Morgan fingerprint density at radius 2 is 2.15 bits per heavy atom. The molecule has 0 heterocycles. The Balaban J connectivity index is 2.41. The van der Waals surface area contributed by atoms with Crippen LogP contribution in [0.25, 0.3) is 0 Å². The van der Waals surface area contributed by atoms with Gasteiger partial charge >= 0.3 is 6.16 Å². The first-order valence-corrected chi connectivity index (χ1v) is 4.52. The lowest BCUT2D eigenvalue weighted by molar-refractivity contribution is -0.0152. The van der Waals surface area contributed by atoms with Crippen molar-refractivity contribution >= 4 is 6.16 Å². The van der Waals surface area contributed by atoms with E-state index in [1.165, 1.54) is 7.11 Å². The molecule has 4 heteroatoms. The second-order valence-electron chi connectivity index (χ2n) is 3.50. The predicted octanol–water partition coefficient (Wildman–Crippen LogP) is 2.30. The van der Waals surface area contributed by atoms with E-state index in [0.717, 1.165) is 6.42 Å². The van der Waals surface area contributed by atoms with E-state index in [-0.39, 0.29) is 12.0 Å². The van der Waals surface area contributed by atoms with E-state index < -0.39 is 12.3 Å². The van der Waals surface area contributed by atoms with Crippen molar-refractivity contribution in [3.05, 3.63) is 0 Å². The molecule has 3 unspecified atom stereocenters. The van der Waals surface area contributed by atoms with Crippen LogP contribution in [0.5, 0.6) is 0 Å². The summed E-state index contributed by atoms with van der Waals surface area (Å²) in [5, 5.41) is 0. The summed E-state index contributed by atoms with van der Waals surface area (Å²) in [5.74, 6) is 0.228. The lowest BCUT2D eigenvalue weighted by atomic mass is 9.87. The van der Waals surface area contributed by atoms with Gasteiger partial charge in [-0.15, -0.1) is 0 Å². The summed E-state index contributed by atoms with van der Waals surface area (Å²) in [6.45, 7) is 1.96. The maximum Gasteiger partial charge on any atom is 0.508 e. The van der Waals surface area contributed by atoms with Gasteiger partial charge in [-0.05, 0) is 18.8 Å². The molecule has 0 bridgehead atoms. The predicted molar refractivity (Wildman–Crippen MR) is 45.2 cm³/mol. The van der Waals surface area contributed by atoms with Crippen molar-refractivity contribution in [2.45, 2.75) is 38.5 Å². The molecule has 3 atom stereocenters. The van der Waals surface area contributed by atoms with Gasteiger partial charge in [-0.1, -0.05) is 6.92 Å². The molecule has 1 rings (SSSR count). The molecule has 0 radical (unpaired) electrons. The zero-order valence-corrected chi connectivity index (χ0v) is 7.96. The molecule has 13 heavy (non-hydrogen) atoms. The van der Waals surface area contributed by atoms with Crippen LogP contribution in [0.1, 0.15) is 26.2 Å². The molecule has 0 aliphatic heterocycles. The van der Waals surface area contributed by atoms with Crippen LogP contribution in [0.15, 0.2) is 0 Å². The quantitative estimate of drug-likeness (QED) is 0.595. The molecule has 76 valence electrons. The van der Waals surface area contributed by atoms with Crippen LogP contribution in [0.3, 0.4) is 0 Å². The fourth-order valence-electron chi connectivity index (χ4n) is 1.57. The standard InChI is InChI=1S/C9H15FO3/c1-6-3-4-7(10)5-8(6)13-9(11)12-2/h6-8H,3-5H2,1-2H3. The van der Waals surface area contributed by atoms with Gasteiger partial charge in [0.15, 0.2) is 0 Å². The maximum atomic E-state index is 12.9. The van der Waals surface area contributed by atoms with E-state index in [9.17, 15) is 9.18 Å². The second-order valence-corrected chi connectivity index (χ2v) is 3.50.